The fraction of sp³-hybridized carbons (Fsp3) is 0.455. The monoisotopic (exact) mass is 381 g/mol. The highest BCUT2D eigenvalue weighted by Gasteiger charge is 2.41. The van der Waals surface area contributed by atoms with Crippen LogP contribution < -0.4 is 23.7 Å². The van der Waals surface area contributed by atoms with Crippen molar-refractivity contribution < 1.29 is 23.7 Å². The summed E-state index contributed by atoms with van der Waals surface area (Å²) in [5, 5.41) is 0. The van der Waals surface area contributed by atoms with E-state index < -0.39 is 0 Å². The number of ether oxygens (including phenoxy) is 5. The molecule has 4 aliphatic heterocycles. The molecule has 4 heterocycles. The van der Waals surface area contributed by atoms with Crippen molar-refractivity contribution in [3.63, 3.8) is 0 Å². The third-order valence-corrected chi connectivity index (χ3v) is 6.32. The van der Waals surface area contributed by atoms with E-state index >= 15 is 0 Å². The first-order chi connectivity index (χ1) is 13.8. The molecule has 2 aromatic rings. The summed E-state index contributed by atoms with van der Waals surface area (Å²) in [6, 6.07) is 10.4. The molecular formula is C22H23NO5. The van der Waals surface area contributed by atoms with E-state index in [4.69, 9.17) is 23.7 Å². The van der Waals surface area contributed by atoms with E-state index in [1.54, 1.807) is 0 Å². The van der Waals surface area contributed by atoms with E-state index in [2.05, 4.69) is 30.0 Å². The highest BCUT2D eigenvalue weighted by atomic mass is 16.7. The van der Waals surface area contributed by atoms with Gasteiger partial charge in [-0.05, 0) is 36.6 Å². The molecule has 0 saturated carbocycles. The van der Waals surface area contributed by atoms with Crippen LogP contribution in [0.5, 0.6) is 28.7 Å². The maximum atomic E-state index is 6.53. The molecule has 2 aromatic carbocycles. The average molecular weight is 381 g/mol. The van der Waals surface area contributed by atoms with E-state index in [1.807, 2.05) is 12.1 Å². The van der Waals surface area contributed by atoms with Crippen molar-refractivity contribution in [3.8, 4) is 28.7 Å². The first-order valence-corrected chi connectivity index (χ1v) is 10.0. The van der Waals surface area contributed by atoms with Gasteiger partial charge in [0.25, 0.3) is 0 Å². The van der Waals surface area contributed by atoms with Crippen LogP contribution in [0.25, 0.3) is 0 Å². The second kappa shape index (κ2) is 6.21. The Balaban J connectivity index is 1.47. The van der Waals surface area contributed by atoms with E-state index in [0.717, 1.165) is 47.4 Å². The molecule has 0 spiro atoms. The van der Waals surface area contributed by atoms with Crippen LogP contribution in [0.1, 0.15) is 36.8 Å². The fourth-order valence-electron chi connectivity index (χ4n) is 4.96. The fourth-order valence-corrected chi connectivity index (χ4v) is 4.96. The lowest BCUT2D eigenvalue weighted by Gasteiger charge is -2.42. The molecule has 0 unspecified atom stereocenters. The number of benzene rings is 2. The van der Waals surface area contributed by atoms with Gasteiger partial charge in [-0.25, -0.2) is 0 Å². The van der Waals surface area contributed by atoms with Crippen LogP contribution in [0, 0.1) is 5.92 Å². The first-order valence-electron chi connectivity index (χ1n) is 10.0. The maximum absolute atomic E-state index is 6.53. The van der Waals surface area contributed by atoms with Crippen molar-refractivity contribution in [2.75, 3.05) is 26.7 Å². The van der Waals surface area contributed by atoms with Crippen LogP contribution in [0.2, 0.25) is 0 Å². The molecule has 0 amide bonds. The van der Waals surface area contributed by atoms with E-state index in [1.165, 1.54) is 18.4 Å². The van der Waals surface area contributed by atoms with Gasteiger partial charge in [-0.2, -0.15) is 0 Å². The van der Waals surface area contributed by atoms with Crippen LogP contribution in [0.3, 0.4) is 0 Å². The van der Waals surface area contributed by atoms with Gasteiger partial charge < -0.3 is 23.7 Å². The van der Waals surface area contributed by atoms with Crippen molar-refractivity contribution in [1.29, 1.82) is 0 Å². The zero-order chi connectivity index (χ0) is 18.7. The largest absolute Gasteiger partial charge is 0.474 e. The molecule has 0 aromatic heterocycles. The summed E-state index contributed by atoms with van der Waals surface area (Å²) in [6.45, 7) is 5.00. The lowest BCUT2D eigenvalue weighted by atomic mass is 9.78. The van der Waals surface area contributed by atoms with Gasteiger partial charge in [0.15, 0.2) is 29.2 Å². The molecular weight excluding hydrogens is 358 g/mol. The van der Waals surface area contributed by atoms with Gasteiger partial charge in [0, 0.05) is 36.6 Å². The minimum absolute atomic E-state index is 0.0470. The third-order valence-electron chi connectivity index (χ3n) is 6.32. The molecule has 4 aliphatic rings. The molecule has 146 valence electrons. The van der Waals surface area contributed by atoms with Crippen molar-refractivity contribution in [2.24, 2.45) is 5.92 Å². The number of nitrogens with zero attached hydrogens (tertiary/aromatic N) is 1. The van der Waals surface area contributed by atoms with Crippen LogP contribution in [0.15, 0.2) is 30.3 Å². The predicted octanol–water partition coefficient (Wildman–Crippen LogP) is 3.73. The van der Waals surface area contributed by atoms with E-state index in [9.17, 15) is 0 Å². The number of rotatable bonds is 2. The van der Waals surface area contributed by atoms with E-state index in [-0.39, 0.29) is 31.6 Å². The van der Waals surface area contributed by atoms with Crippen molar-refractivity contribution in [2.45, 2.75) is 31.9 Å². The first kappa shape index (κ1) is 16.4. The smallest absolute Gasteiger partial charge is 0.231 e. The van der Waals surface area contributed by atoms with Crippen molar-refractivity contribution >= 4 is 0 Å². The molecule has 6 heteroatoms. The highest BCUT2D eigenvalue weighted by molar-refractivity contribution is 5.57. The molecule has 0 bridgehead atoms. The SMILES string of the molecule is C[C@@H]1[C@@H](c2ccc3c(c2)OCO3)c2cc3c(cc2O[C@H]1N1CCCC1)OCO3. The van der Waals surface area contributed by atoms with Gasteiger partial charge in [-0.15, -0.1) is 0 Å². The molecule has 1 fully saturated rings. The van der Waals surface area contributed by atoms with Gasteiger partial charge in [0.1, 0.15) is 5.75 Å². The van der Waals surface area contributed by atoms with Crippen LogP contribution in [-0.4, -0.2) is 37.8 Å². The van der Waals surface area contributed by atoms with Gasteiger partial charge >= 0.3 is 0 Å². The summed E-state index contributed by atoms with van der Waals surface area (Å²) < 4.78 is 28.9. The lowest BCUT2D eigenvalue weighted by molar-refractivity contribution is -0.0178. The Hall–Kier alpha value is -2.60. The standard InChI is InChI=1S/C22H23NO5/c1-13-21(14-4-5-16-18(8-14)25-11-24-16)15-9-19-20(27-12-26-19)10-17(15)28-22(13)23-6-2-3-7-23/h4-5,8-10,13,21-22H,2-3,6-7,11-12H2,1H3/t13-,21+,22-/m1/s1. The maximum Gasteiger partial charge on any atom is 0.231 e. The number of fused-ring (bicyclic) bond motifs is 3. The van der Waals surface area contributed by atoms with Crippen LogP contribution in [-0.2, 0) is 0 Å². The van der Waals surface area contributed by atoms with Gasteiger partial charge in [-0.1, -0.05) is 13.0 Å². The predicted molar refractivity (Wildman–Crippen MR) is 101 cm³/mol. The van der Waals surface area contributed by atoms with Crippen LogP contribution >= 0.6 is 0 Å². The Kier molecular flexibility index (Phi) is 3.63. The van der Waals surface area contributed by atoms with Gasteiger partial charge in [0.2, 0.25) is 13.6 Å². The lowest BCUT2D eigenvalue weighted by Crippen LogP contribution is -2.46. The molecule has 0 N–H and O–H groups in total. The molecule has 6 nitrogen and oxygen atoms in total. The summed E-state index contributed by atoms with van der Waals surface area (Å²) >= 11 is 0. The normalized spacial score (nSPS) is 27.5. The summed E-state index contributed by atoms with van der Waals surface area (Å²) in [7, 11) is 0. The highest BCUT2D eigenvalue weighted by Crippen LogP contribution is 2.51. The minimum Gasteiger partial charge on any atom is -0.474 e. The molecule has 1 saturated heterocycles. The summed E-state index contributed by atoms with van der Waals surface area (Å²) in [5.74, 6) is 4.53. The summed E-state index contributed by atoms with van der Waals surface area (Å²) in [5.41, 5.74) is 2.36. The topological polar surface area (TPSA) is 49.4 Å². The molecule has 0 aliphatic carbocycles. The van der Waals surface area contributed by atoms with E-state index in [0.29, 0.717) is 0 Å². The van der Waals surface area contributed by atoms with Crippen LogP contribution in [0.4, 0.5) is 0 Å². The Bertz CT molecular complexity index is 923. The van der Waals surface area contributed by atoms with Gasteiger partial charge in [-0.3, -0.25) is 4.90 Å². The zero-order valence-corrected chi connectivity index (χ0v) is 15.8. The third kappa shape index (κ3) is 2.44. The Labute approximate surface area is 163 Å². The van der Waals surface area contributed by atoms with Crippen molar-refractivity contribution in [3.05, 3.63) is 41.5 Å². The number of hydrogen-bond acceptors (Lipinski definition) is 6. The molecule has 3 atom stereocenters. The quantitative estimate of drug-likeness (QED) is 0.790. The second-order valence-electron chi connectivity index (χ2n) is 7.94. The zero-order valence-electron chi connectivity index (χ0n) is 15.8. The summed E-state index contributed by atoms with van der Waals surface area (Å²) in [6.07, 6.45) is 2.51. The summed E-state index contributed by atoms with van der Waals surface area (Å²) in [4.78, 5) is 2.47. The Morgan fingerprint density at radius 3 is 2.25 bits per heavy atom. The second-order valence-corrected chi connectivity index (χ2v) is 7.94. The Morgan fingerprint density at radius 1 is 0.786 bits per heavy atom. The Morgan fingerprint density at radius 2 is 1.46 bits per heavy atom. The number of likely N-dealkylation sites (tertiary alicyclic amines) is 1. The molecule has 0 radical (unpaired) electrons. The van der Waals surface area contributed by atoms with Crippen molar-refractivity contribution in [1.82, 2.24) is 4.90 Å². The van der Waals surface area contributed by atoms with Gasteiger partial charge in [0.05, 0.1) is 0 Å². The minimum atomic E-state index is 0.0470. The number of hydrogen-bond donors (Lipinski definition) is 0. The molecule has 28 heavy (non-hydrogen) atoms. The average Bonchev–Trinajstić information content (AvgIpc) is 3.46. The molecule has 6 rings (SSSR count).